The molecule has 4 rings (SSSR count). The number of nitrogens with two attached hydrogens (primary N) is 1. The van der Waals surface area contributed by atoms with Crippen molar-refractivity contribution in [2.24, 2.45) is 0 Å². The van der Waals surface area contributed by atoms with Gasteiger partial charge in [-0.25, -0.2) is 23.0 Å². The van der Waals surface area contributed by atoms with Crippen LogP contribution in [0.4, 0.5) is 21.6 Å². The number of alkyl halides is 1. The summed E-state index contributed by atoms with van der Waals surface area (Å²) < 4.78 is 31.3. The highest BCUT2D eigenvalue weighted by atomic mass is 32.2. The lowest BCUT2D eigenvalue weighted by atomic mass is 10.1. The Balaban J connectivity index is 1.57. The first kappa shape index (κ1) is 20.5. The van der Waals surface area contributed by atoms with E-state index in [1.807, 2.05) is 45.0 Å². The molecule has 30 heavy (non-hydrogen) atoms. The summed E-state index contributed by atoms with van der Waals surface area (Å²) in [6.07, 6.45) is 2.61. The van der Waals surface area contributed by atoms with Crippen LogP contribution in [-0.2, 0) is 17.4 Å². The van der Waals surface area contributed by atoms with Gasteiger partial charge in [0.2, 0.25) is 0 Å². The number of aromatic nitrogens is 3. The predicted octanol–water partition coefficient (Wildman–Crippen LogP) is 3.58. The Morgan fingerprint density at radius 3 is 2.77 bits per heavy atom. The van der Waals surface area contributed by atoms with Crippen LogP contribution in [0.2, 0.25) is 0 Å². The fourth-order valence-corrected chi connectivity index (χ4v) is 4.20. The van der Waals surface area contributed by atoms with E-state index in [1.165, 1.54) is 0 Å². The molecule has 0 spiro atoms. The molecule has 3 aromatic rings. The summed E-state index contributed by atoms with van der Waals surface area (Å²) in [5, 5.41) is 7.40. The van der Waals surface area contributed by atoms with E-state index in [0.717, 1.165) is 16.8 Å². The number of benzene rings is 1. The highest BCUT2D eigenvalue weighted by molar-refractivity contribution is 7.84. The number of fused-ring (bicyclic) bond motifs is 1. The van der Waals surface area contributed by atoms with Crippen LogP contribution in [-0.4, -0.2) is 29.9 Å². The lowest BCUT2D eigenvalue weighted by molar-refractivity contribution is 0.291. The van der Waals surface area contributed by atoms with Gasteiger partial charge in [0.15, 0.2) is 11.6 Å². The molecule has 0 saturated heterocycles. The van der Waals surface area contributed by atoms with E-state index in [2.05, 4.69) is 20.1 Å². The molecule has 2 heterocycles. The topological polar surface area (TPSA) is 97.9 Å². The highest BCUT2D eigenvalue weighted by Gasteiger charge is 2.35. The second kappa shape index (κ2) is 7.81. The van der Waals surface area contributed by atoms with E-state index in [1.54, 1.807) is 29.2 Å². The van der Waals surface area contributed by atoms with Crippen LogP contribution in [0.1, 0.15) is 37.9 Å². The molecule has 1 aromatic carbocycles. The van der Waals surface area contributed by atoms with Crippen molar-refractivity contribution in [2.75, 3.05) is 11.1 Å². The van der Waals surface area contributed by atoms with E-state index < -0.39 is 27.9 Å². The second-order valence-corrected chi connectivity index (χ2v) is 10.3. The number of rotatable bonds is 5. The first-order valence-electron chi connectivity index (χ1n) is 9.71. The van der Waals surface area contributed by atoms with Crippen LogP contribution >= 0.6 is 0 Å². The normalized spacial score (nSPS) is 19.5. The minimum absolute atomic E-state index is 0.264. The average molecular weight is 429 g/mol. The van der Waals surface area contributed by atoms with Crippen molar-refractivity contribution in [2.45, 2.75) is 44.2 Å². The standard InChI is InChI=1S/C21H25FN6OS/c1-21(2,3)30(29)27-19-15-6-5-14(11-13(15)12-16(19)22)25-20-17(23)7-8-18(26-20)28-10-4-9-24-28/h4-11,16,19,27H,12,23H2,1-3H3,(H,25,26)/t16?,19-,30?/m1/s1. The Hall–Kier alpha value is -2.78. The highest BCUT2D eigenvalue weighted by Crippen LogP contribution is 2.36. The molecule has 2 aromatic heterocycles. The number of pyridine rings is 1. The monoisotopic (exact) mass is 428 g/mol. The average Bonchev–Trinajstić information content (AvgIpc) is 3.31. The zero-order chi connectivity index (χ0) is 21.5. The fourth-order valence-electron chi connectivity index (χ4n) is 3.34. The second-order valence-electron chi connectivity index (χ2n) is 8.29. The van der Waals surface area contributed by atoms with Crippen LogP contribution in [0.15, 0.2) is 48.8 Å². The molecular weight excluding hydrogens is 403 g/mol. The SMILES string of the molecule is CC(C)(C)S(=O)N[C@@H]1c2ccc(Nc3nc(-n4cccn4)ccc3N)cc2CC1F. The van der Waals surface area contributed by atoms with Gasteiger partial charge in [-0.2, -0.15) is 5.10 Å². The van der Waals surface area contributed by atoms with Crippen LogP contribution in [0.25, 0.3) is 5.82 Å². The predicted molar refractivity (Wildman–Crippen MR) is 118 cm³/mol. The fraction of sp³-hybridized carbons (Fsp3) is 0.333. The number of halogens is 1. The van der Waals surface area contributed by atoms with Crippen molar-refractivity contribution < 1.29 is 8.60 Å². The summed E-state index contributed by atoms with van der Waals surface area (Å²) in [4.78, 5) is 4.54. The molecule has 1 aliphatic carbocycles. The Morgan fingerprint density at radius 2 is 2.07 bits per heavy atom. The number of nitrogen functional groups attached to an aromatic ring is 1. The van der Waals surface area contributed by atoms with Gasteiger partial charge in [-0.1, -0.05) is 6.07 Å². The minimum atomic E-state index is -1.35. The van der Waals surface area contributed by atoms with E-state index in [4.69, 9.17) is 5.73 Å². The summed E-state index contributed by atoms with van der Waals surface area (Å²) in [5.74, 6) is 1.14. The number of nitrogens with one attached hydrogen (secondary N) is 2. The van der Waals surface area contributed by atoms with E-state index in [-0.39, 0.29) is 6.42 Å². The van der Waals surface area contributed by atoms with Crippen molar-refractivity contribution in [1.82, 2.24) is 19.5 Å². The van der Waals surface area contributed by atoms with Gasteiger partial charge in [0.05, 0.1) is 27.5 Å². The van der Waals surface area contributed by atoms with Crippen LogP contribution in [0.3, 0.4) is 0 Å². The summed E-state index contributed by atoms with van der Waals surface area (Å²) in [7, 11) is -1.35. The van der Waals surface area contributed by atoms with Gasteiger partial charge in [0.1, 0.15) is 6.17 Å². The Morgan fingerprint density at radius 1 is 1.27 bits per heavy atom. The number of anilines is 3. The third kappa shape index (κ3) is 4.08. The van der Waals surface area contributed by atoms with E-state index in [0.29, 0.717) is 17.3 Å². The molecule has 0 saturated carbocycles. The van der Waals surface area contributed by atoms with Gasteiger partial charge in [0.25, 0.3) is 0 Å². The van der Waals surface area contributed by atoms with Crippen molar-refractivity contribution in [3.05, 3.63) is 59.9 Å². The Labute approximate surface area is 177 Å². The molecule has 0 fully saturated rings. The molecule has 0 aliphatic heterocycles. The molecule has 2 unspecified atom stereocenters. The van der Waals surface area contributed by atoms with Crippen molar-refractivity contribution in [3.63, 3.8) is 0 Å². The zero-order valence-electron chi connectivity index (χ0n) is 17.1. The van der Waals surface area contributed by atoms with Crippen LogP contribution in [0.5, 0.6) is 0 Å². The molecule has 1 aliphatic rings. The third-order valence-electron chi connectivity index (χ3n) is 4.96. The Kier molecular flexibility index (Phi) is 5.33. The van der Waals surface area contributed by atoms with Crippen LogP contribution < -0.4 is 15.8 Å². The summed E-state index contributed by atoms with van der Waals surface area (Å²) >= 11 is 0. The van der Waals surface area contributed by atoms with E-state index in [9.17, 15) is 8.60 Å². The smallest absolute Gasteiger partial charge is 0.156 e. The van der Waals surface area contributed by atoms with Gasteiger partial charge >= 0.3 is 0 Å². The van der Waals surface area contributed by atoms with Crippen molar-refractivity contribution in [1.29, 1.82) is 0 Å². The van der Waals surface area contributed by atoms with Crippen molar-refractivity contribution >= 4 is 28.2 Å². The van der Waals surface area contributed by atoms with Gasteiger partial charge in [0, 0.05) is 24.5 Å². The van der Waals surface area contributed by atoms with Crippen LogP contribution in [0, 0.1) is 0 Å². The maximum absolute atomic E-state index is 14.7. The van der Waals surface area contributed by atoms with E-state index >= 15 is 0 Å². The lowest BCUT2D eigenvalue weighted by Gasteiger charge is -2.23. The summed E-state index contributed by atoms with van der Waals surface area (Å²) in [6, 6.07) is 10.4. The zero-order valence-corrected chi connectivity index (χ0v) is 17.9. The number of nitrogens with zero attached hydrogens (tertiary/aromatic N) is 3. The molecule has 9 heteroatoms. The molecule has 0 bridgehead atoms. The van der Waals surface area contributed by atoms with Gasteiger partial charge in [-0.05, 0) is 62.2 Å². The molecular formula is C21H25FN6OS. The summed E-state index contributed by atoms with van der Waals surface area (Å²) in [6.45, 7) is 5.59. The molecule has 0 radical (unpaired) electrons. The first-order valence-corrected chi connectivity index (χ1v) is 10.9. The summed E-state index contributed by atoms with van der Waals surface area (Å²) in [5.41, 5.74) is 9.04. The van der Waals surface area contributed by atoms with Crippen molar-refractivity contribution in [3.8, 4) is 5.82 Å². The number of hydrogen-bond acceptors (Lipinski definition) is 5. The Bertz CT molecular complexity index is 1080. The molecule has 4 N–H and O–H groups in total. The minimum Gasteiger partial charge on any atom is -0.396 e. The first-order chi connectivity index (χ1) is 14.2. The quantitative estimate of drug-likeness (QED) is 0.577. The largest absolute Gasteiger partial charge is 0.396 e. The van der Waals surface area contributed by atoms with Gasteiger partial charge in [-0.3, -0.25) is 0 Å². The number of hydrogen-bond donors (Lipinski definition) is 3. The lowest BCUT2D eigenvalue weighted by Crippen LogP contribution is -2.37. The third-order valence-corrected chi connectivity index (χ3v) is 6.54. The maximum Gasteiger partial charge on any atom is 0.156 e. The molecule has 3 atom stereocenters. The molecule has 7 nitrogen and oxygen atoms in total. The molecule has 0 amide bonds. The van der Waals surface area contributed by atoms with Gasteiger partial charge in [-0.15, -0.1) is 0 Å². The van der Waals surface area contributed by atoms with Gasteiger partial charge < -0.3 is 11.1 Å². The molecule has 158 valence electrons. The maximum atomic E-state index is 14.7.